The minimum atomic E-state index is -0.538. The smallest absolute Gasteiger partial charge is 0.337 e. The zero-order chi connectivity index (χ0) is 20.2. The molecule has 0 aliphatic carbocycles. The van der Waals surface area contributed by atoms with Crippen LogP contribution in [0.25, 0.3) is 0 Å². The van der Waals surface area contributed by atoms with E-state index in [1.165, 1.54) is 7.11 Å². The van der Waals surface area contributed by atoms with Crippen molar-refractivity contribution >= 4 is 29.2 Å². The molecule has 2 aromatic carbocycles. The van der Waals surface area contributed by atoms with Crippen LogP contribution in [-0.2, 0) is 9.53 Å². The topological polar surface area (TPSA) is 84.5 Å². The molecule has 27 heavy (non-hydrogen) atoms. The molecule has 0 saturated carbocycles. The number of methoxy groups -OCH3 is 1. The minimum Gasteiger partial charge on any atom is -0.465 e. The molecular formula is C21H24N2O4. The lowest BCUT2D eigenvalue weighted by Crippen LogP contribution is -2.27. The molecule has 0 aliphatic rings. The maximum atomic E-state index is 12.6. The van der Waals surface area contributed by atoms with Crippen molar-refractivity contribution in [3.8, 4) is 0 Å². The molecule has 2 amide bonds. The van der Waals surface area contributed by atoms with Crippen LogP contribution in [0.2, 0.25) is 0 Å². The van der Waals surface area contributed by atoms with E-state index in [2.05, 4.69) is 10.6 Å². The van der Waals surface area contributed by atoms with Gasteiger partial charge in [-0.05, 0) is 42.8 Å². The highest BCUT2D eigenvalue weighted by Crippen LogP contribution is 2.21. The van der Waals surface area contributed by atoms with Crippen molar-refractivity contribution in [2.24, 2.45) is 5.41 Å². The van der Waals surface area contributed by atoms with Gasteiger partial charge in [0.25, 0.3) is 5.91 Å². The lowest BCUT2D eigenvalue weighted by Gasteiger charge is -2.18. The number of benzene rings is 2. The number of hydrogen-bond donors (Lipinski definition) is 2. The Morgan fingerprint density at radius 3 is 2.26 bits per heavy atom. The molecule has 0 unspecified atom stereocenters. The SMILES string of the molecule is COC(=O)c1ccc(C)c(NC(=O)c2cccc(NC(=O)C(C)(C)C)c2)c1. The van der Waals surface area contributed by atoms with Gasteiger partial charge in [0.05, 0.1) is 12.7 Å². The molecular weight excluding hydrogens is 344 g/mol. The highest BCUT2D eigenvalue weighted by Gasteiger charge is 2.21. The number of carbonyl (C=O) groups excluding carboxylic acids is 3. The number of rotatable bonds is 4. The third kappa shape index (κ3) is 5.17. The summed E-state index contributed by atoms with van der Waals surface area (Å²) in [7, 11) is 1.30. The zero-order valence-corrected chi connectivity index (χ0v) is 16.2. The second-order valence-corrected chi connectivity index (χ2v) is 7.26. The molecule has 2 aromatic rings. The quantitative estimate of drug-likeness (QED) is 0.799. The first-order chi connectivity index (χ1) is 12.6. The number of amides is 2. The van der Waals surface area contributed by atoms with Gasteiger partial charge < -0.3 is 15.4 Å². The van der Waals surface area contributed by atoms with E-state index in [0.29, 0.717) is 22.5 Å². The van der Waals surface area contributed by atoms with Crippen molar-refractivity contribution in [3.63, 3.8) is 0 Å². The number of carbonyl (C=O) groups is 3. The summed E-state index contributed by atoms with van der Waals surface area (Å²) in [5.41, 5.74) is 2.08. The Hall–Kier alpha value is -3.15. The lowest BCUT2D eigenvalue weighted by molar-refractivity contribution is -0.123. The molecule has 0 bridgehead atoms. The van der Waals surface area contributed by atoms with E-state index in [-0.39, 0.29) is 11.8 Å². The predicted molar refractivity (Wildman–Crippen MR) is 105 cm³/mol. The largest absolute Gasteiger partial charge is 0.465 e. The van der Waals surface area contributed by atoms with Gasteiger partial charge in [-0.25, -0.2) is 4.79 Å². The monoisotopic (exact) mass is 368 g/mol. The highest BCUT2D eigenvalue weighted by atomic mass is 16.5. The van der Waals surface area contributed by atoms with E-state index in [9.17, 15) is 14.4 Å². The Bertz CT molecular complexity index is 882. The average molecular weight is 368 g/mol. The van der Waals surface area contributed by atoms with Crippen LogP contribution in [0, 0.1) is 12.3 Å². The standard InChI is InChI=1S/C21H24N2O4/c1-13-9-10-15(19(25)27-5)12-17(13)23-18(24)14-7-6-8-16(11-14)22-20(26)21(2,3)4/h6-12H,1-5H3,(H,22,26)(H,23,24). The van der Waals surface area contributed by atoms with Crippen LogP contribution < -0.4 is 10.6 Å². The van der Waals surface area contributed by atoms with E-state index in [4.69, 9.17) is 4.74 Å². The van der Waals surface area contributed by atoms with Crippen LogP contribution >= 0.6 is 0 Å². The molecule has 0 fully saturated rings. The number of nitrogens with one attached hydrogen (secondary N) is 2. The van der Waals surface area contributed by atoms with E-state index in [1.54, 1.807) is 42.5 Å². The van der Waals surface area contributed by atoms with Gasteiger partial charge >= 0.3 is 5.97 Å². The summed E-state index contributed by atoms with van der Waals surface area (Å²) in [4.78, 5) is 36.4. The average Bonchev–Trinajstić information content (AvgIpc) is 2.62. The summed E-state index contributed by atoms with van der Waals surface area (Å²) < 4.78 is 4.71. The molecule has 0 heterocycles. The fraction of sp³-hybridized carbons (Fsp3) is 0.286. The molecule has 0 saturated heterocycles. The number of esters is 1. The van der Waals surface area contributed by atoms with Crippen molar-refractivity contribution in [1.82, 2.24) is 0 Å². The Balaban J connectivity index is 2.21. The van der Waals surface area contributed by atoms with Crippen LogP contribution in [0.15, 0.2) is 42.5 Å². The molecule has 0 radical (unpaired) electrons. The van der Waals surface area contributed by atoms with Gasteiger partial charge in [0.2, 0.25) is 5.91 Å². The molecule has 6 heteroatoms. The van der Waals surface area contributed by atoms with Gasteiger partial charge in [0.15, 0.2) is 0 Å². The van der Waals surface area contributed by atoms with Crippen LogP contribution in [0.5, 0.6) is 0 Å². The van der Waals surface area contributed by atoms with Crippen LogP contribution in [0.3, 0.4) is 0 Å². The second kappa shape index (κ2) is 8.03. The summed E-state index contributed by atoms with van der Waals surface area (Å²) >= 11 is 0. The number of anilines is 2. The maximum absolute atomic E-state index is 12.6. The molecule has 0 aromatic heterocycles. The third-order valence-electron chi connectivity index (χ3n) is 3.97. The first kappa shape index (κ1) is 20.2. The van der Waals surface area contributed by atoms with Crippen molar-refractivity contribution in [2.75, 3.05) is 17.7 Å². The summed E-state index contributed by atoms with van der Waals surface area (Å²) in [6.45, 7) is 7.28. The van der Waals surface area contributed by atoms with Gasteiger partial charge in [0, 0.05) is 22.4 Å². The Morgan fingerprint density at radius 2 is 1.63 bits per heavy atom. The summed E-state index contributed by atoms with van der Waals surface area (Å²) in [5, 5.41) is 5.60. The third-order valence-corrected chi connectivity index (χ3v) is 3.97. The van der Waals surface area contributed by atoms with E-state index < -0.39 is 11.4 Å². The van der Waals surface area contributed by atoms with Gasteiger partial charge in [0.1, 0.15) is 0 Å². The Morgan fingerprint density at radius 1 is 0.926 bits per heavy atom. The first-order valence-electron chi connectivity index (χ1n) is 8.53. The lowest BCUT2D eigenvalue weighted by atomic mass is 9.95. The summed E-state index contributed by atoms with van der Waals surface area (Å²) in [5.74, 6) is -0.953. The van der Waals surface area contributed by atoms with Gasteiger partial charge in [-0.3, -0.25) is 9.59 Å². The molecule has 142 valence electrons. The molecule has 0 aliphatic heterocycles. The predicted octanol–water partition coefficient (Wildman–Crippen LogP) is 4.02. The van der Waals surface area contributed by atoms with Crippen LogP contribution in [0.1, 0.15) is 47.1 Å². The Kier molecular flexibility index (Phi) is 6.00. The fourth-order valence-electron chi connectivity index (χ4n) is 2.25. The van der Waals surface area contributed by atoms with Crippen molar-refractivity contribution < 1.29 is 19.1 Å². The van der Waals surface area contributed by atoms with Crippen LogP contribution in [0.4, 0.5) is 11.4 Å². The van der Waals surface area contributed by atoms with Gasteiger partial charge in [-0.15, -0.1) is 0 Å². The highest BCUT2D eigenvalue weighted by molar-refractivity contribution is 6.06. The summed E-state index contributed by atoms with van der Waals surface area (Å²) in [6.07, 6.45) is 0. The Labute approximate surface area is 158 Å². The van der Waals surface area contributed by atoms with Gasteiger partial charge in [-0.1, -0.05) is 32.9 Å². The maximum Gasteiger partial charge on any atom is 0.337 e. The molecule has 2 rings (SSSR count). The minimum absolute atomic E-state index is 0.137. The first-order valence-corrected chi connectivity index (χ1v) is 8.53. The van der Waals surface area contributed by atoms with Crippen LogP contribution in [-0.4, -0.2) is 24.9 Å². The van der Waals surface area contributed by atoms with Crippen molar-refractivity contribution in [3.05, 3.63) is 59.2 Å². The normalized spacial score (nSPS) is 10.9. The van der Waals surface area contributed by atoms with E-state index >= 15 is 0 Å². The van der Waals surface area contributed by atoms with Crippen molar-refractivity contribution in [2.45, 2.75) is 27.7 Å². The molecule has 2 N–H and O–H groups in total. The molecule has 0 atom stereocenters. The molecule has 6 nitrogen and oxygen atoms in total. The van der Waals surface area contributed by atoms with Crippen molar-refractivity contribution in [1.29, 1.82) is 0 Å². The van der Waals surface area contributed by atoms with E-state index in [1.807, 2.05) is 27.7 Å². The fourth-order valence-corrected chi connectivity index (χ4v) is 2.25. The number of aryl methyl sites for hydroxylation is 1. The zero-order valence-electron chi connectivity index (χ0n) is 16.2. The summed E-state index contributed by atoms with van der Waals surface area (Å²) in [6, 6.07) is 11.6. The number of hydrogen-bond acceptors (Lipinski definition) is 4. The molecule has 0 spiro atoms. The van der Waals surface area contributed by atoms with Gasteiger partial charge in [-0.2, -0.15) is 0 Å². The second-order valence-electron chi connectivity index (χ2n) is 7.26. The van der Waals surface area contributed by atoms with E-state index in [0.717, 1.165) is 5.56 Å². The number of ether oxygens (including phenoxy) is 1.